The summed E-state index contributed by atoms with van der Waals surface area (Å²) in [6, 6.07) is 4.68. The predicted octanol–water partition coefficient (Wildman–Crippen LogP) is 1.39. The van der Waals surface area contributed by atoms with Crippen LogP contribution in [0.4, 0.5) is 17.1 Å². The Morgan fingerprint density at radius 1 is 1.53 bits per heavy atom. The smallest absolute Gasteiger partial charge is 0.292 e. The highest BCUT2D eigenvalue weighted by Crippen LogP contribution is 2.26. The first-order valence-corrected chi connectivity index (χ1v) is 5.49. The molecule has 0 atom stereocenters. The van der Waals surface area contributed by atoms with Crippen molar-refractivity contribution in [1.29, 1.82) is 0 Å². The molecule has 0 saturated carbocycles. The molecule has 1 aromatic carbocycles. The van der Waals surface area contributed by atoms with E-state index in [0.717, 1.165) is 12.2 Å². The van der Waals surface area contributed by atoms with Crippen molar-refractivity contribution >= 4 is 17.1 Å². The molecule has 6 heteroatoms. The standard InChI is InChI=1S/C11H17N3O3/c1-2-13(6-3-7-15)9-4-5-11(14(16)17)10(12)8-9/h4-5,8,15H,2-3,6-7,12H2,1H3. The van der Waals surface area contributed by atoms with Gasteiger partial charge >= 0.3 is 0 Å². The first kappa shape index (κ1) is 13.2. The lowest BCUT2D eigenvalue weighted by Gasteiger charge is -2.22. The number of rotatable bonds is 6. The molecule has 3 N–H and O–H groups in total. The SMILES string of the molecule is CCN(CCCO)c1ccc([N+](=O)[O-])c(N)c1. The van der Waals surface area contributed by atoms with Crippen molar-refractivity contribution < 1.29 is 10.0 Å². The van der Waals surface area contributed by atoms with E-state index in [4.69, 9.17) is 10.8 Å². The van der Waals surface area contributed by atoms with E-state index in [0.29, 0.717) is 13.0 Å². The summed E-state index contributed by atoms with van der Waals surface area (Å²) in [6.07, 6.45) is 0.657. The number of nitrogen functional groups attached to an aromatic ring is 1. The van der Waals surface area contributed by atoms with E-state index in [9.17, 15) is 10.1 Å². The summed E-state index contributed by atoms with van der Waals surface area (Å²) in [5.74, 6) is 0. The van der Waals surface area contributed by atoms with Gasteiger partial charge in [-0.1, -0.05) is 0 Å². The highest BCUT2D eigenvalue weighted by Gasteiger charge is 2.13. The van der Waals surface area contributed by atoms with Gasteiger partial charge in [0, 0.05) is 31.5 Å². The molecule has 0 aromatic heterocycles. The number of aliphatic hydroxyl groups is 1. The minimum absolute atomic E-state index is 0.0769. The Bertz CT molecular complexity index is 396. The molecule has 0 heterocycles. The van der Waals surface area contributed by atoms with Gasteiger partial charge in [-0.15, -0.1) is 0 Å². The van der Waals surface area contributed by atoms with E-state index in [-0.39, 0.29) is 18.0 Å². The average molecular weight is 239 g/mol. The minimum atomic E-state index is -0.497. The molecule has 0 bridgehead atoms. The van der Waals surface area contributed by atoms with Crippen LogP contribution in [0, 0.1) is 10.1 Å². The van der Waals surface area contributed by atoms with Crippen LogP contribution < -0.4 is 10.6 Å². The van der Waals surface area contributed by atoms with Crippen LogP contribution in [0.25, 0.3) is 0 Å². The molecule has 0 aliphatic carbocycles. The summed E-state index contributed by atoms with van der Waals surface area (Å²) < 4.78 is 0. The number of hydrogen-bond donors (Lipinski definition) is 2. The minimum Gasteiger partial charge on any atom is -0.396 e. The molecule has 0 spiro atoms. The van der Waals surface area contributed by atoms with Crippen molar-refractivity contribution in [2.24, 2.45) is 0 Å². The molecule has 0 radical (unpaired) electrons. The van der Waals surface area contributed by atoms with Gasteiger partial charge in [-0.25, -0.2) is 0 Å². The zero-order valence-corrected chi connectivity index (χ0v) is 9.80. The predicted molar refractivity (Wildman–Crippen MR) is 67.1 cm³/mol. The van der Waals surface area contributed by atoms with E-state index in [1.54, 1.807) is 12.1 Å². The molecule has 1 rings (SSSR count). The Hall–Kier alpha value is -1.82. The molecule has 0 unspecified atom stereocenters. The van der Waals surface area contributed by atoms with Gasteiger partial charge in [-0.05, 0) is 25.5 Å². The van der Waals surface area contributed by atoms with Crippen LogP contribution in [0.3, 0.4) is 0 Å². The van der Waals surface area contributed by atoms with E-state index < -0.39 is 4.92 Å². The second kappa shape index (κ2) is 6.05. The van der Waals surface area contributed by atoms with Crippen LogP contribution >= 0.6 is 0 Å². The van der Waals surface area contributed by atoms with Crippen LogP contribution in [0.1, 0.15) is 13.3 Å². The molecule has 0 aliphatic rings. The summed E-state index contributed by atoms with van der Waals surface area (Å²) in [5.41, 5.74) is 6.55. The topological polar surface area (TPSA) is 92.6 Å². The van der Waals surface area contributed by atoms with Gasteiger partial charge in [0.2, 0.25) is 0 Å². The number of hydrogen-bond acceptors (Lipinski definition) is 5. The highest BCUT2D eigenvalue weighted by atomic mass is 16.6. The lowest BCUT2D eigenvalue weighted by molar-refractivity contribution is -0.383. The fraction of sp³-hybridized carbons (Fsp3) is 0.455. The number of aliphatic hydroxyl groups excluding tert-OH is 1. The van der Waals surface area contributed by atoms with Crippen molar-refractivity contribution in [1.82, 2.24) is 0 Å². The van der Waals surface area contributed by atoms with E-state index >= 15 is 0 Å². The van der Waals surface area contributed by atoms with Crippen molar-refractivity contribution in [2.45, 2.75) is 13.3 Å². The van der Waals surface area contributed by atoms with Gasteiger partial charge in [0.05, 0.1) is 4.92 Å². The van der Waals surface area contributed by atoms with Crippen molar-refractivity contribution in [2.75, 3.05) is 30.3 Å². The third kappa shape index (κ3) is 3.32. The monoisotopic (exact) mass is 239 g/mol. The largest absolute Gasteiger partial charge is 0.396 e. The maximum absolute atomic E-state index is 10.6. The lowest BCUT2D eigenvalue weighted by Crippen LogP contribution is -2.24. The molecule has 0 aliphatic heterocycles. The van der Waals surface area contributed by atoms with Crippen LogP contribution in [-0.2, 0) is 0 Å². The van der Waals surface area contributed by atoms with Gasteiger partial charge < -0.3 is 15.7 Å². The van der Waals surface area contributed by atoms with E-state index in [2.05, 4.69) is 0 Å². The van der Waals surface area contributed by atoms with Gasteiger partial charge in [-0.3, -0.25) is 10.1 Å². The van der Waals surface area contributed by atoms with Crippen molar-refractivity contribution in [3.05, 3.63) is 28.3 Å². The summed E-state index contributed by atoms with van der Waals surface area (Å²) in [7, 11) is 0. The number of anilines is 2. The highest BCUT2D eigenvalue weighted by molar-refractivity contribution is 5.66. The van der Waals surface area contributed by atoms with E-state index in [1.807, 2.05) is 11.8 Å². The molecule has 0 saturated heterocycles. The maximum Gasteiger partial charge on any atom is 0.292 e. The van der Waals surface area contributed by atoms with Crippen molar-refractivity contribution in [3.63, 3.8) is 0 Å². The van der Waals surface area contributed by atoms with Crippen LogP contribution in [0.5, 0.6) is 0 Å². The maximum atomic E-state index is 10.6. The number of benzene rings is 1. The first-order chi connectivity index (χ1) is 8.10. The Morgan fingerprint density at radius 3 is 2.71 bits per heavy atom. The summed E-state index contributed by atoms with van der Waals surface area (Å²) in [5, 5.41) is 19.4. The molecule has 0 fully saturated rings. The Kier molecular flexibility index (Phi) is 4.71. The van der Waals surface area contributed by atoms with Gasteiger partial charge in [-0.2, -0.15) is 0 Å². The van der Waals surface area contributed by atoms with Gasteiger partial charge in [0.1, 0.15) is 5.69 Å². The second-order valence-corrected chi connectivity index (χ2v) is 3.66. The average Bonchev–Trinajstić information content (AvgIpc) is 2.29. The van der Waals surface area contributed by atoms with Gasteiger partial charge in [0.25, 0.3) is 5.69 Å². The normalized spacial score (nSPS) is 10.2. The summed E-state index contributed by atoms with van der Waals surface area (Å²) in [4.78, 5) is 12.1. The first-order valence-electron chi connectivity index (χ1n) is 5.49. The fourth-order valence-corrected chi connectivity index (χ4v) is 1.64. The molecule has 17 heavy (non-hydrogen) atoms. The number of nitrogens with two attached hydrogens (primary N) is 1. The van der Waals surface area contributed by atoms with Crippen LogP contribution in [0.2, 0.25) is 0 Å². The Morgan fingerprint density at radius 2 is 2.24 bits per heavy atom. The Labute approximate surface area is 99.8 Å². The Balaban J connectivity index is 2.90. The molecule has 1 aromatic rings. The zero-order valence-electron chi connectivity index (χ0n) is 9.80. The van der Waals surface area contributed by atoms with Crippen LogP contribution in [0.15, 0.2) is 18.2 Å². The third-order valence-corrected chi connectivity index (χ3v) is 2.54. The summed E-state index contributed by atoms with van der Waals surface area (Å²) in [6.45, 7) is 3.56. The molecular formula is C11H17N3O3. The second-order valence-electron chi connectivity index (χ2n) is 3.66. The van der Waals surface area contributed by atoms with Gasteiger partial charge in [0.15, 0.2) is 0 Å². The number of nitro benzene ring substituents is 1. The molecule has 94 valence electrons. The lowest BCUT2D eigenvalue weighted by atomic mass is 10.2. The summed E-state index contributed by atoms with van der Waals surface area (Å²) >= 11 is 0. The van der Waals surface area contributed by atoms with E-state index in [1.165, 1.54) is 6.07 Å². The number of nitro groups is 1. The zero-order chi connectivity index (χ0) is 12.8. The number of nitrogens with zero attached hydrogens (tertiary/aromatic N) is 2. The molecular weight excluding hydrogens is 222 g/mol. The fourth-order valence-electron chi connectivity index (χ4n) is 1.64. The third-order valence-electron chi connectivity index (χ3n) is 2.54. The van der Waals surface area contributed by atoms with Crippen molar-refractivity contribution in [3.8, 4) is 0 Å². The van der Waals surface area contributed by atoms with Crippen LogP contribution in [-0.4, -0.2) is 29.7 Å². The quantitative estimate of drug-likeness (QED) is 0.444. The molecule has 6 nitrogen and oxygen atoms in total. The molecule has 0 amide bonds.